The molecule has 356 valence electrons. The molecule has 0 saturated carbocycles. The van der Waals surface area contributed by atoms with Crippen LogP contribution in [0.25, 0.3) is 88.6 Å². The van der Waals surface area contributed by atoms with Crippen molar-refractivity contribution in [1.29, 1.82) is 0 Å². The van der Waals surface area contributed by atoms with Crippen molar-refractivity contribution in [3.8, 4) is 66.9 Å². The van der Waals surface area contributed by atoms with E-state index >= 15 is 0 Å². The molecule has 0 N–H and O–H groups in total. The quantitative estimate of drug-likeness (QED) is 0.161. The summed E-state index contributed by atoms with van der Waals surface area (Å²) in [5.41, 5.74) is 28.6. The van der Waals surface area contributed by atoms with Crippen LogP contribution in [0, 0.1) is 0 Å². The summed E-state index contributed by atoms with van der Waals surface area (Å²) in [5.74, 6) is 0. The van der Waals surface area contributed by atoms with Gasteiger partial charge in [-0.1, -0.05) is 212 Å². The van der Waals surface area contributed by atoms with Gasteiger partial charge in [-0.2, -0.15) is 0 Å². The van der Waals surface area contributed by atoms with Crippen molar-refractivity contribution in [3.05, 3.63) is 318 Å². The molecular formula is C74H45N3. The number of hydrogen-bond donors (Lipinski definition) is 0. The molecule has 0 fully saturated rings. The van der Waals surface area contributed by atoms with E-state index in [2.05, 4.69) is 271 Å². The van der Waals surface area contributed by atoms with E-state index in [0.717, 1.165) is 61.1 Å². The van der Waals surface area contributed by atoms with E-state index in [-0.39, 0.29) is 0 Å². The highest BCUT2D eigenvalue weighted by atomic mass is 15.1. The molecule has 77 heavy (non-hydrogen) atoms. The maximum Gasteiger partial charge on any atom is 0.0809 e. The minimum absolute atomic E-state index is 0.434. The molecule has 13 aromatic rings. The molecular weight excluding hydrogens is 931 g/mol. The van der Waals surface area contributed by atoms with Crippen molar-refractivity contribution in [2.75, 3.05) is 4.90 Å². The first-order valence-corrected chi connectivity index (χ1v) is 26.7. The Morgan fingerprint density at radius 3 is 1.18 bits per heavy atom. The van der Waals surface area contributed by atoms with Crippen LogP contribution in [0.5, 0.6) is 0 Å². The number of hydrogen-bond acceptors (Lipinski definition) is 3. The largest absolute Gasteiger partial charge is 0.310 e. The lowest BCUT2D eigenvalue weighted by atomic mass is 9.70. The fourth-order valence-electron chi connectivity index (χ4n) is 14.5. The molecule has 11 aromatic carbocycles. The molecule has 4 aliphatic carbocycles. The fourth-order valence-corrected chi connectivity index (χ4v) is 14.5. The SMILES string of the molecule is c1ccc(-c2cc(-c3ccc(N(c4ccc5c(c4)-c4ccccc4C54c5ccccc5-c5ccccc54)c4ccc5c(c4)-c4ccccc4C54c5ccccc5-c5ccccc54)cc3)c3ccc4ccncc4c3n2)cc1. The summed E-state index contributed by atoms with van der Waals surface area (Å²) in [7, 11) is 0. The van der Waals surface area contributed by atoms with Crippen molar-refractivity contribution < 1.29 is 0 Å². The lowest BCUT2D eigenvalue weighted by molar-refractivity contribution is 0.793. The zero-order chi connectivity index (χ0) is 50.4. The van der Waals surface area contributed by atoms with Crippen molar-refractivity contribution in [2.45, 2.75) is 10.8 Å². The van der Waals surface area contributed by atoms with Gasteiger partial charge in [0.15, 0.2) is 0 Å². The summed E-state index contributed by atoms with van der Waals surface area (Å²) >= 11 is 0. The molecule has 2 aromatic heterocycles. The molecule has 3 nitrogen and oxygen atoms in total. The normalized spacial score (nSPS) is 13.9. The maximum absolute atomic E-state index is 5.33. The molecule has 0 bridgehead atoms. The van der Waals surface area contributed by atoms with E-state index in [4.69, 9.17) is 4.98 Å². The summed E-state index contributed by atoms with van der Waals surface area (Å²) in [4.78, 5) is 12.4. The molecule has 0 saturated heterocycles. The van der Waals surface area contributed by atoms with Gasteiger partial charge in [-0.15, -0.1) is 0 Å². The highest BCUT2D eigenvalue weighted by molar-refractivity contribution is 6.11. The van der Waals surface area contributed by atoms with E-state index in [1.54, 1.807) is 0 Å². The van der Waals surface area contributed by atoms with Crippen LogP contribution in [0.1, 0.15) is 44.5 Å². The molecule has 3 heteroatoms. The average molecular weight is 976 g/mol. The second kappa shape index (κ2) is 15.8. The van der Waals surface area contributed by atoms with Gasteiger partial charge < -0.3 is 4.90 Å². The molecule has 0 aliphatic heterocycles. The first-order chi connectivity index (χ1) is 38.2. The average Bonchev–Trinajstić information content (AvgIpc) is 4.25. The van der Waals surface area contributed by atoms with Gasteiger partial charge in [-0.25, -0.2) is 4.98 Å². The third-order valence-electron chi connectivity index (χ3n) is 17.6. The Labute approximate surface area is 446 Å². The van der Waals surface area contributed by atoms with E-state index in [1.165, 1.54) is 89.0 Å². The van der Waals surface area contributed by atoms with Crippen LogP contribution < -0.4 is 4.90 Å². The first kappa shape index (κ1) is 42.4. The summed E-state index contributed by atoms with van der Waals surface area (Å²) in [5, 5.41) is 3.26. The monoisotopic (exact) mass is 975 g/mol. The number of benzene rings is 11. The second-order valence-corrected chi connectivity index (χ2v) is 21.1. The standard InChI is InChI=1S/C74H45N3/c1-2-16-48(17-3-1)71-44-59(58-37-32-47-40-41-75-45-62(47)72(58)76-71)46-30-33-49(34-31-46)77(50-35-38-69-60(42-50)56-22-8-14-28-67(56)73(69)63-24-10-4-18-52(63)53-19-5-11-25-64(53)73)51-36-39-70-61(43-51)57-23-9-15-29-68(57)74(70)65-26-12-6-20-54(65)55-21-7-13-27-66(55)74/h1-45H. The minimum atomic E-state index is -0.434. The molecule has 2 spiro atoms. The topological polar surface area (TPSA) is 29.0 Å². The Bertz CT molecular complexity index is 4360. The minimum Gasteiger partial charge on any atom is -0.310 e. The van der Waals surface area contributed by atoms with Crippen LogP contribution in [-0.4, -0.2) is 9.97 Å². The summed E-state index contributed by atoms with van der Waals surface area (Å²) in [6, 6.07) is 97.5. The van der Waals surface area contributed by atoms with Gasteiger partial charge in [0.25, 0.3) is 0 Å². The highest BCUT2D eigenvalue weighted by Gasteiger charge is 2.53. The number of pyridine rings is 2. The lowest BCUT2D eigenvalue weighted by Crippen LogP contribution is -2.26. The maximum atomic E-state index is 5.33. The van der Waals surface area contributed by atoms with E-state index in [9.17, 15) is 0 Å². The van der Waals surface area contributed by atoms with Gasteiger partial charge in [0.2, 0.25) is 0 Å². The van der Waals surface area contributed by atoms with Crippen LogP contribution >= 0.6 is 0 Å². The Kier molecular flexibility index (Phi) is 8.69. The Balaban J connectivity index is 0.888. The van der Waals surface area contributed by atoms with E-state index < -0.39 is 10.8 Å². The van der Waals surface area contributed by atoms with Crippen LogP contribution in [0.2, 0.25) is 0 Å². The number of nitrogens with zero attached hydrogens (tertiary/aromatic N) is 3. The van der Waals surface area contributed by atoms with Crippen LogP contribution in [0.4, 0.5) is 17.1 Å². The third kappa shape index (κ3) is 5.59. The molecule has 0 radical (unpaired) electrons. The molecule has 2 heterocycles. The Morgan fingerprint density at radius 2 is 0.701 bits per heavy atom. The van der Waals surface area contributed by atoms with Crippen molar-refractivity contribution >= 4 is 38.7 Å². The second-order valence-electron chi connectivity index (χ2n) is 21.1. The van der Waals surface area contributed by atoms with Crippen LogP contribution in [0.15, 0.2) is 273 Å². The number of rotatable bonds is 5. The summed E-state index contributed by atoms with van der Waals surface area (Å²) < 4.78 is 0. The van der Waals surface area contributed by atoms with Gasteiger partial charge >= 0.3 is 0 Å². The smallest absolute Gasteiger partial charge is 0.0809 e. The van der Waals surface area contributed by atoms with Gasteiger partial charge in [0, 0.05) is 45.8 Å². The summed E-state index contributed by atoms with van der Waals surface area (Å²) in [6.45, 7) is 0. The zero-order valence-corrected chi connectivity index (χ0v) is 41.8. The molecule has 0 amide bonds. The molecule has 0 atom stereocenters. The van der Waals surface area contributed by atoms with Crippen molar-refractivity contribution in [2.24, 2.45) is 0 Å². The van der Waals surface area contributed by atoms with Gasteiger partial charge in [-0.05, 0) is 154 Å². The summed E-state index contributed by atoms with van der Waals surface area (Å²) in [6.07, 6.45) is 3.81. The fraction of sp³-hybridized carbons (Fsp3) is 0.0270. The third-order valence-corrected chi connectivity index (χ3v) is 17.6. The van der Waals surface area contributed by atoms with Crippen molar-refractivity contribution in [3.63, 3.8) is 0 Å². The number of anilines is 3. The zero-order valence-electron chi connectivity index (χ0n) is 41.8. The van der Waals surface area contributed by atoms with Gasteiger partial charge in [0.05, 0.1) is 22.0 Å². The highest BCUT2D eigenvalue weighted by Crippen LogP contribution is 2.65. The van der Waals surface area contributed by atoms with Gasteiger partial charge in [-0.3, -0.25) is 4.98 Å². The van der Waals surface area contributed by atoms with Gasteiger partial charge in [0.1, 0.15) is 0 Å². The lowest BCUT2D eigenvalue weighted by Gasteiger charge is -2.32. The first-order valence-electron chi connectivity index (χ1n) is 26.7. The number of aromatic nitrogens is 2. The van der Waals surface area contributed by atoms with Crippen LogP contribution in [0.3, 0.4) is 0 Å². The predicted octanol–water partition coefficient (Wildman–Crippen LogP) is 18.3. The van der Waals surface area contributed by atoms with Crippen molar-refractivity contribution in [1.82, 2.24) is 9.97 Å². The van der Waals surface area contributed by atoms with E-state index in [1.807, 2.05) is 12.4 Å². The number of fused-ring (bicyclic) bond motifs is 23. The Hall–Kier alpha value is -9.96. The molecule has 17 rings (SSSR count). The van der Waals surface area contributed by atoms with Crippen LogP contribution in [-0.2, 0) is 10.8 Å². The Morgan fingerprint density at radius 1 is 0.286 bits per heavy atom. The molecule has 4 aliphatic rings. The molecule has 0 unspecified atom stereocenters. The predicted molar refractivity (Wildman–Crippen MR) is 315 cm³/mol. The van der Waals surface area contributed by atoms with E-state index in [0.29, 0.717) is 0 Å².